The molecule has 0 saturated carbocycles. The van der Waals surface area contributed by atoms with E-state index in [1.807, 2.05) is 6.92 Å². The first-order valence-electron chi connectivity index (χ1n) is 3.35. The van der Waals surface area contributed by atoms with Crippen molar-refractivity contribution in [3.63, 3.8) is 0 Å². The van der Waals surface area contributed by atoms with Crippen molar-refractivity contribution in [3.05, 3.63) is 0 Å². The van der Waals surface area contributed by atoms with E-state index in [1.165, 1.54) is 0 Å². The molecule has 0 aromatic carbocycles. The molecule has 0 unspecified atom stereocenters. The van der Waals surface area contributed by atoms with E-state index in [-0.39, 0.29) is 12.2 Å². The number of alkyl carbamates (subject to hydrolysis) is 1. The Hall–Kier alpha value is -0.770. The molecule has 0 bridgehead atoms. The average molecular weight is 145 g/mol. The molecule has 1 rings (SSSR count). The monoisotopic (exact) mass is 145 g/mol. The Morgan fingerprint density at radius 3 is 3.20 bits per heavy atom. The minimum absolute atomic E-state index is 0.0903. The number of hydrogen-bond acceptors (Lipinski definition) is 3. The third-order valence-corrected chi connectivity index (χ3v) is 1.26. The molecule has 1 atom stereocenters. The van der Waals surface area contributed by atoms with Crippen LogP contribution in [0.15, 0.2) is 0 Å². The van der Waals surface area contributed by atoms with Gasteiger partial charge in [0.1, 0.15) is 6.10 Å². The van der Waals surface area contributed by atoms with Crippen molar-refractivity contribution < 1.29 is 14.3 Å². The van der Waals surface area contributed by atoms with Gasteiger partial charge in [-0.3, -0.25) is 0 Å². The van der Waals surface area contributed by atoms with Crippen LogP contribution in [0.4, 0.5) is 4.79 Å². The quantitative estimate of drug-likeness (QED) is 0.614. The van der Waals surface area contributed by atoms with Crippen molar-refractivity contribution >= 4 is 6.09 Å². The fourth-order valence-electron chi connectivity index (χ4n) is 0.774. The van der Waals surface area contributed by atoms with Gasteiger partial charge in [0.15, 0.2) is 0 Å². The van der Waals surface area contributed by atoms with Gasteiger partial charge in [0.25, 0.3) is 0 Å². The Labute approximate surface area is 59.5 Å². The van der Waals surface area contributed by atoms with Gasteiger partial charge in [-0.15, -0.1) is 0 Å². The van der Waals surface area contributed by atoms with E-state index in [0.717, 1.165) is 0 Å². The van der Waals surface area contributed by atoms with Crippen LogP contribution in [0.1, 0.15) is 6.92 Å². The predicted molar refractivity (Wildman–Crippen MR) is 34.8 cm³/mol. The van der Waals surface area contributed by atoms with E-state index in [1.54, 1.807) is 0 Å². The largest absolute Gasteiger partial charge is 0.442 e. The third kappa shape index (κ3) is 1.88. The van der Waals surface area contributed by atoms with Crippen LogP contribution in [0.2, 0.25) is 0 Å². The zero-order valence-corrected chi connectivity index (χ0v) is 5.92. The number of hydrogen-bond donors (Lipinski definition) is 1. The van der Waals surface area contributed by atoms with Gasteiger partial charge in [-0.2, -0.15) is 0 Å². The molecule has 1 heterocycles. The maximum Gasteiger partial charge on any atom is 0.407 e. The summed E-state index contributed by atoms with van der Waals surface area (Å²) in [6, 6.07) is 0. The van der Waals surface area contributed by atoms with Crippen molar-refractivity contribution in [2.75, 3.05) is 19.8 Å². The van der Waals surface area contributed by atoms with Crippen molar-refractivity contribution in [1.82, 2.24) is 5.32 Å². The fourth-order valence-corrected chi connectivity index (χ4v) is 0.774. The number of ether oxygens (including phenoxy) is 2. The summed E-state index contributed by atoms with van der Waals surface area (Å²) < 4.78 is 9.84. The van der Waals surface area contributed by atoms with Crippen molar-refractivity contribution in [2.45, 2.75) is 13.0 Å². The summed E-state index contributed by atoms with van der Waals surface area (Å²) in [7, 11) is 0. The van der Waals surface area contributed by atoms with Gasteiger partial charge in [-0.1, -0.05) is 0 Å². The van der Waals surface area contributed by atoms with Crippen LogP contribution in [-0.4, -0.2) is 32.0 Å². The molecule has 1 saturated heterocycles. The molecular formula is C6H11NO3. The number of cyclic esters (lactones) is 1. The highest BCUT2D eigenvalue weighted by molar-refractivity contribution is 5.69. The first-order valence-corrected chi connectivity index (χ1v) is 3.35. The smallest absolute Gasteiger partial charge is 0.407 e. The topological polar surface area (TPSA) is 47.6 Å². The van der Waals surface area contributed by atoms with Crippen LogP contribution in [0, 0.1) is 0 Å². The number of nitrogens with one attached hydrogen (secondary N) is 1. The standard InChI is InChI=1S/C6H11NO3/c1-2-9-4-5-3-7-6(8)10-5/h5H,2-4H2,1H3,(H,7,8)/t5-/m1/s1. The SMILES string of the molecule is CCOC[C@H]1CNC(=O)O1. The molecule has 1 aliphatic rings. The average Bonchev–Trinajstić information content (AvgIpc) is 2.31. The molecule has 1 N–H and O–H groups in total. The maximum atomic E-state index is 10.4. The molecule has 1 aliphatic heterocycles. The van der Waals surface area contributed by atoms with Gasteiger partial charge in [-0.25, -0.2) is 4.79 Å². The molecule has 0 aromatic heterocycles. The second kappa shape index (κ2) is 3.41. The van der Waals surface area contributed by atoms with Crippen LogP contribution in [-0.2, 0) is 9.47 Å². The summed E-state index contributed by atoms with van der Waals surface area (Å²) in [6.07, 6.45) is -0.433. The Balaban J connectivity index is 2.12. The number of rotatable bonds is 3. The minimum atomic E-state index is -0.343. The number of carbonyl (C=O) groups excluding carboxylic acids is 1. The van der Waals surface area contributed by atoms with Crippen LogP contribution in [0.5, 0.6) is 0 Å². The molecule has 1 amide bonds. The second-order valence-corrected chi connectivity index (χ2v) is 2.07. The Bertz CT molecular complexity index is 126. The van der Waals surface area contributed by atoms with Crippen LogP contribution in [0.3, 0.4) is 0 Å². The van der Waals surface area contributed by atoms with E-state index in [4.69, 9.17) is 9.47 Å². The lowest BCUT2D eigenvalue weighted by Gasteiger charge is -2.05. The molecule has 1 fully saturated rings. The highest BCUT2D eigenvalue weighted by Gasteiger charge is 2.21. The van der Waals surface area contributed by atoms with Crippen molar-refractivity contribution in [3.8, 4) is 0 Å². The van der Waals surface area contributed by atoms with Crippen LogP contribution < -0.4 is 5.32 Å². The molecule has 10 heavy (non-hydrogen) atoms. The summed E-state index contributed by atoms with van der Waals surface area (Å²) >= 11 is 0. The number of carbonyl (C=O) groups is 1. The highest BCUT2D eigenvalue weighted by atomic mass is 16.6. The third-order valence-electron chi connectivity index (χ3n) is 1.26. The van der Waals surface area contributed by atoms with Gasteiger partial charge in [0, 0.05) is 6.61 Å². The van der Waals surface area contributed by atoms with Crippen LogP contribution in [0.25, 0.3) is 0 Å². The molecule has 0 aliphatic carbocycles. The van der Waals surface area contributed by atoms with Gasteiger partial charge < -0.3 is 14.8 Å². The summed E-state index contributed by atoms with van der Waals surface area (Å²) in [5, 5.41) is 2.54. The van der Waals surface area contributed by atoms with E-state index in [2.05, 4.69) is 5.32 Å². The molecule has 0 spiro atoms. The lowest BCUT2D eigenvalue weighted by molar-refractivity contribution is 0.0516. The minimum Gasteiger partial charge on any atom is -0.442 e. The van der Waals surface area contributed by atoms with Gasteiger partial charge in [0.2, 0.25) is 0 Å². The van der Waals surface area contributed by atoms with Crippen molar-refractivity contribution in [1.29, 1.82) is 0 Å². The van der Waals surface area contributed by atoms with Gasteiger partial charge in [0.05, 0.1) is 13.2 Å². The first-order chi connectivity index (χ1) is 4.83. The predicted octanol–water partition coefficient (Wildman–Crippen LogP) is 0.131. The summed E-state index contributed by atoms with van der Waals surface area (Å²) in [6.45, 7) is 3.63. The van der Waals surface area contributed by atoms with Gasteiger partial charge in [-0.05, 0) is 6.92 Å². The zero-order valence-electron chi connectivity index (χ0n) is 5.92. The van der Waals surface area contributed by atoms with E-state index < -0.39 is 0 Å². The Morgan fingerprint density at radius 2 is 2.70 bits per heavy atom. The van der Waals surface area contributed by atoms with E-state index in [0.29, 0.717) is 19.8 Å². The van der Waals surface area contributed by atoms with E-state index >= 15 is 0 Å². The first kappa shape index (κ1) is 7.34. The van der Waals surface area contributed by atoms with E-state index in [9.17, 15) is 4.79 Å². The lowest BCUT2D eigenvalue weighted by atomic mass is 10.4. The van der Waals surface area contributed by atoms with Crippen molar-refractivity contribution in [2.24, 2.45) is 0 Å². The molecule has 4 heteroatoms. The van der Waals surface area contributed by atoms with Crippen LogP contribution >= 0.6 is 0 Å². The molecule has 0 aromatic rings. The zero-order chi connectivity index (χ0) is 7.40. The Kier molecular flexibility index (Phi) is 2.50. The molecule has 0 radical (unpaired) electrons. The normalized spacial score (nSPS) is 24.1. The molecule has 4 nitrogen and oxygen atoms in total. The molecular weight excluding hydrogens is 134 g/mol. The fraction of sp³-hybridized carbons (Fsp3) is 0.833. The lowest BCUT2D eigenvalue weighted by Crippen LogP contribution is -2.20. The van der Waals surface area contributed by atoms with Gasteiger partial charge >= 0.3 is 6.09 Å². The second-order valence-electron chi connectivity index (χ2n) is 2.07. The summed E-state index contributed by atoms with van der Waals surface area (Å²) in [5.41, 5.74) is 0. The summed E-state index contributed by atoms with van der Waals surface area (Å²) in [4.78, 5) is 10.4. The Morgan fingerprint density at radius 1 is 1.90 bits per heavy atom. The summed E-state index contributed by atoms with van der Waals surface area (Å²) in [5.74, 6) is 0. The number of amides is 1. The molecule has 58 valence electrons. The highest BCUT2D eigenvalue weighted by Crippen LogP contribution is 1.99. The maximum absolute atomic E-state index is 10.4.